The van der Waals surface area contributed by atoms with Gasteiger partial charge in [-0.1, -0.05) is 24.0 Å². The fourth-order valence-electron chi connectivity index (χ4n) is 3.89. The van der Waals surface area contributed by atoms with E-state index in [9.17, 15) is 22.7 Å². The number of amides is 1. The smallest absolute Gasteiger partial charge is 0.264 e. The van der Waals surface area contributed by atoms with Crippen LogP contribution in [0, 0.1) is 17.7 Å². The second-order valence-electron chi connectivity index (χ2n) is 8.95. The third kappa shape index (κ3) is 4.68. The Morgan fingerprint density at radius 1 is 1.23 bits per heavy atom. The Hall–Kier alpha value is -3.23. The number of rotatable bonds is 6. The number of hydrogen-bond donors (Lipinski definition) is 3. The van der Waals surface area contributed by atoms with Crippen LogP contribution in [-0.4, -0.2) is 53.4 Å². The number of aromatic nitrogens is 1. The summed E-state index contributed by atoms with van der Waals surface area (Å²) >= 11 is 0. The molecule has 0 saturated carbocycles. The summed E-state index contributed by atoms with van der Waals surface area (Å²) in [5.41, 5.74) is 2.59. The maximum atomic E-state index is 14.8. The van der Waals surface area contributed by atoms with Crippen molar-refractivity contribution in [1.29, 1.82) is 0 Å². The highest BCUT2D eigenvalue weighted by molar-refractivity contribution is 7.92. The molecule has 0 aliphatic carbocycles. The van der Waals surface area contributed by atoms with Gasteiger partial charge in [-0.3, -0.25) is 10.0 Å². The number of carbonyl (C=O) groups excluding carboxylic acids is 1. The zero-order chi connectivity index (χ0) is 25.4. The predicted molar refractivity (Wildman–Crippen MR) is 127 cm³/mol. The van der Waals surface area contributed by atoms with E-state index in [-0.39, 0.29) is 31.7 Å². The first-order valence-electron chi connectivity index (χ1n) is 10.8. The second-order valence-corrected chi connectivity index (χ2v) is 11.4. The van der Waals surface area contributed by atoms with E-state index in [1.165, 1.54) is 18.5 Å². The van der Waals surface area contributed by atoms with E-state index in [0.717, 1.165) is 11.8 Å². The Morgan fingerprint density at radius 2 is 1.91 bits per heavy atom. The summed E-state index contributed by atoms with van der Waals surface area (Å²) in [5, 5.41) is 20.0. The zero-order valence-corrected chi connectivity index (χ0v) is 20.0. The summed E-state index contributed by atoms with van der Waals surface area (Å²) < 4.78 is 44.1. The van der Waals surface area contributed by atoms with Crippen LogP contribution in [0.25, 0.3) is 10.9 Å². The van der Waals surface area contributed by atoms with Gasteiger partial charge in [0.2, 0.25) is 0 Å². The molecule has 1 aromatic heterocycles. The van der Waals surface area contributed by atoms with E-state index in [4.69, 9.17) is 9.94 Å². The van der Waals surface area contributed by atoms with Crippen molar-refractivity contribution in [2.24, 2.45) is 0 Å². The lowest BCUT2D eigenvalue weighted by molar-refractivity contribution is -0.184. The fraction of sp³-hybridized carbons (Fsp3) is 0.320. The number of aliphatic hydroxyl groups is 1. The minimum Gasteiger partial charge on any atom is -0.380 e. The van der Waals surface area contributed by atoms with Crippen LogP contribution in [0.3, 0.4) is 0 Å². The van der Waals surface area contributed by atoms with Crippen LogP contribution in [-0.2, 0) is 31.5 Å². The molecule has 2 aromatic carbocycles. The van der Waals surface area contributed by atoms with Crippen LogP contribution < -0.4 is 5.48 Å². The Morgan fingerprint density at radius 3 is 2.49 bits per heavy atom. The van der Waals surface area contributed by atoms with Gasteiger partial charge in [-0.05, 0) is 49.2 Å². The van der Waals surface area contributed by atoms with Gasteiger partial charge in [0, 0.05) is 29.9 Å². The standard InChI is InChI=1S/C25H25FN2O6S/c1-24(23(29)27-31,35(2,32)33)10-12-28-11-9-19-13-18(21(26)14-22(19)28)6-3-17-4-7-20(8-5-17)25(30)15-34-16-25/h4-5,7-9,11,13-14,30-31H,10,12,15-16H2,1-2H3,(H,27,29). The van der Waals surface area contributed by atoms with Gasteiger partial charge in [0.1, 0.15) is 11.4 Å². The topological polar surface area (TPSA) is 118 Å². The number of aryl methyl sites for hydroxylation is 1. The van der Waals surface area contributed by atoms with Crippen molar-refractivity contribution in [3.05, 3.63) is 71.2 Å². The van der Waals surface area contributed by atoms with Crippen molar-refractivity contribution in [3.63, 3.8) is 0 Å². The molecular formula is C25H25FN2O6S. The number of fused-ring (bicyclic) bond motifs is 1. The normalized spacial score (nSPS) is 16.6. The van der Waals surface area contributed by atoms with Crippen molar-refractivity contribution < 1.29 is 32.7 Å². The summed E-state index contributed by atoms with van der Waals surface area (Å²) in [7, 11) is -3.84. The molecule has 8 nitrogen and oxygen atoms in total. The van der Waals surface area contributed by atoms with Crippen LogP contribution >= 0.6 is 0 Å². The number of nitrogens with one attached hydrogen (secondary N) is 1. The number of carbonyl (C=O) groups is 1. The quantitative estimate of drug-likeness (QED) is 0.271. The van der Waals surface area contributed by atoms with Gasteiger partial charge in [0.15, 0.2) is 14.6 Å². The minimum atomic E-state index is -3.84. The van der Waals surface area contributed by atoms with E-state index >= 15 is 0 Å². The molecular weight excluding hydrogens is 475 g/mol. The molecule has 0 radical (unpaired) electrons. The molecule has 1 fully saturated rings. The summed E-state index contributed by atoms with van der Waals surface area (Å²) in [6, 6.07) is 11.7. The second kappa shape index (κ2) is 9.09. The highest BCUT2D eigenvalue weighted by Gasteiger charge is 2.43. The summed E-state index contributed by atoms with van der Waals surface area (Å²) in [5.74, 6) is 4.19. The summed E-state index contributed by atoms with van der Waals surface area (Å²) in [6.45, 7) is 1.85. The molecule has 35 heavy (non-hydrogen) atoms. The molecule has 0 spiro atoms. The summed E-state index contributed by atoms with van der Waals surface area (Å²) in [4.78, 5) is 12.0. The van der Waals surface area contributed by atoms with Gasteiger partial charge in [-0.15, -0.1) is 0 Å². The molecule has 3 aromatic rings. The lowest BCUT2D eigenvalue weighted by Crippen LogP contribution is -2.49. The molecule has 10 heteroatoms. The number of benzene rings is 2. The van der Waals surface area contributed by atoms with Gasteiger partial charge >= 0.3 is 0 Å². The zero-order valence-electron chi connectivity index (χ0n) is 19.2. The summed E-state index contributed by atoms with van der Waals surface area (Å²) in [6.07, 6.45) is 2.48. The number of nitrogens with zero attached hydrogens (tertiary/aromatic N) is 1. The van der Waals surface area contributed by atoms with Crippen LogP contribution in [0.2, 0.25) is 0 Å². The van der Waals surface area contributed by atoms with E-state index in [1.807, 2.05) is 0 Å². The average Bonchev–Trinajstić information content (AvgIpc) is 3.19. The van der Waals surface area contributed by atoms with Crippen LogP contribution in [0.5, 0.6) is 0 Å². The molecule has 1 unspecified atom stereocenters. The Labute approximate surface area is 202 Å². The first kappa shape index (κ1) is 24.9. The molecule has 0 bridgehead atoms. The lowest BCUT2D eigenvalue weighted by atomic mass is 9.91. The van der Waals surface area contributed by atoms with Gasteiger partial charge in [-0.2, -0.15) is 0 Å². The first-order valence-corrected chi connectivity index (χ1v) is 12.7. The Kier molecular flexibility index (Phi) is 6.46. The highest BCUT2D eigenvalue weighted by atomic mass is 32.2. The van der Waals surface area contributed by atoms with Crippen molar-refractivity contribution in [3.8, 4) is 11.8 Å². The number of sulfone groups is 1. The molecule has 4 rings (SSSR count). The van der Waals surface area contributed by atoms with E-state index in [0.29, 0.717) is 16.5 Å². The van der Waals surface area contributed by atoms with Gasteiger partial charge < -0.3 is 14.4 Å². The van der Waals surface area contributed by atoms with Crippen molar-refractivity contribution in [1.82, 2.24) is 10.0 Å². The minimum absolute atomic E-state index is 0.106. The number of halogens is 1. The van der Waals surface area contributed by atoms with Crippen molar-refractivity contribution in [2.75, 3.05) is 19.5 Å². The molecule has 184 valence electrons. The van der Waals surface area contributed by atoms with E-state index < -0.39 is 31.9 Å². The monoisotopic (exact) mass is 500 g/mol. The van der Waals surface area contributed by atoms with E-state index in [1.54, 1.807) is 47.2 Å². The predicted octanol–water partition coefficient (Wildman–Crippen LogP) is 2.10. The van der Waals surface area contributed by atoms with Crippen LogP contribution in [0.4, 0.5) is 4.39 Å². The van der Waals surface area contributed by atoms with Crippen molar-refractivity contribution in [2.45, 2.75) is 30.2 Å². The molecule has 1 aliphatic heterocycles. The Balaban J connectivity index is 1.55. The fourth-order valence-corrected chi connectivity index (χ4v) is 4.73. The Bertz CT molecular complexity index is 1450. The maximum Gasteiger partial charge on any atom is 0.264 e. The maximum absolute atomic E-state index is 14.8. The first-order chi connectivity index (χ1) is 16.5. The number of hydrogen-bond acceptors (Lipinski definition) is 6. The molecule has 1 aliphatic rings. The molecule has 2 heterocycles. The molecule has 1 amide bonds. The highest BCUT2D eigenvalue weighted by Crippen LogP contribution is 2.29. The van der Waals surface area contributed by atoms with Crippen LogP contribution in [0.1, 0.15) is 30.0 Å². The molecule has 1 saturated heterocycles. The molecule has 3 N–H and O–H groups in total. The van der Waals surface area contributed by atoms with Gasteiger partial charge in [0.05, 0.1) is 24.3 Å². The van der Waals surface area contributed by atoms with E-state index in [2.05, 4.69) is 11.8 Å². The lowest BCUT2D eigenvalue weighted by Gasteiger charge is -2.36. The third-order valence-corrected chi connectivity index (χ3v) is 8.56. The third-order valence-electron chi connectivity index (χ3n) is 6.54. The SMILES string of the molecule is CC(CCn1ccc2cc(C#Cc3ccc(C4(O)COC4)cc3)c(F)cc21)(C(=O)NO)S(C)(=O)=O. The largest absolute Gasteiger partial charge is 0.380 e. The van der Waals surface area contributed by atoms with Gasteiger partial charge in [0.25, 0.3) is 5.91 Å². The van der Waals surface area contributed by atoms with Gasteiger partial charge in [-0.25, -0.2) is 18.3 Å². The van der Waals surface area contributed by atoms with Crippen molar-refractivity contribution >= 4 is 26.6 Å². The average molecular weight is 501 g/mol. The van der Waals surface area contributed by atoms with Crippen LogP contribution in [0.15, 0.2) is 48.7 Å². The number of ether oxygens (including phenoxy) is 1. The molecule has 1 atom stereocenters. The number of hydroxylamine groups is 1.